The minimum absolute atomic E-state index is 0.0636. The Balaban J connectivity index is 1.41. The van der Waals surface area contributed by atoms with Crippen LogP contribution in [-0.2, 0) is 0 Å². The molecule has 2 aromatic rings. The minimum atomic E-state index is -0.487. The van der Waals surface area contributed by atoms with E-state index >= 15 is 0 Å². The highest BCUT2D eigenvalue weighted by molar-refractivity contribution is 5.61. The van der Waals surface area contributed by atoms with Crippen molar-refractivity contribution in [2.45, 2.75) is 6.42 Å². The van der Waals surface area contributed by atoms with Gasteiger partial charge in [-0.3, -0.25) is 10.1 Å². The van der Waals surface area contributed by atoms with E-state index in [1.54, 1.807) is 18.1 Å². The van der Waals surface area contributed by atoms with Gasteiger partial charge in [0.25, 0.3) is 5.69 Å². The summed E-state index contributed by atoms with van der Waals surface area (Å²) in [6, 6.07) is 14.6. The highest BCUT2D eigenvalue weighted by Crippen LogP contribution is 2.21. The zero-order valence-electron chi connectivity index (χ0n) is 16.6. The van der Waals surface area contributed by atoms with E-state index in [4.69, 9.17) is 4.74 Å². The number of anilines is 2. The number of hydrogen-bond acceptors (Lipinski definition) is 6. The first kappa shape index (κ1) is 20.4. The number of benzene rings is 2. The predicted octanol–water partition coefficient (Wildman–Crippen LogP) is 1.68. The number of nitro groups is 1. The lowest BCUT2D eigenvalue weighted by Crippen LogP contribution is -3.14. The van der Waals surface area contributed by atoms with Crippen LogP contribution in [0.15, 0.2) is 42.5 Å². The second-order valence-corrected chi connectivity index (χ2v) is 7.06. The van der Waals surface area contributed by atoms with Gasteiger partial charge in [-0.2, -0.15) is 5.26 Å². The summed E-state index contributed by atoms with van der Waals surface area (Å²) in [5.41, 5.74) is 2.12. The van der Waals surface area contributed by atoms with E-state index in [1.807, 2.05) is 18.2 Å². The molecule has 1 aliphatic rings. The third-order valence-electron chi connectivity index (χ3n) is 5.27. The smallest absolute Gasteiger partial charge is 0.270 e. The molecule has 29 heavy (non-hydrogen) atoms. The summed E-state index contributed by atoms with van der Waals surface area (Å²) in [6.45, 7) is 6.02. The lowest BCUT2D eigenvalue weighted by Gasteiger charge is -2.33. The largest absolute Gasteiger partial charge is 0.497 e. The molecule has 0 aliphatic carbocycles. The van der Waals surface area contributed by atoms with Crippen LogP contribution < -0.4 is 19.9 Å². The molecule has 8 nitrogen and oxygen atoms in total. The van der Waals surface area contributed by atoms with E-state index in [-0.39, 0.29) is 5.69 Å². The highest BCUT2D eigenvalue weighted by atomic mass is 16.6. The first-order chi connectivity index (χ1) is 14.1. The normalized spacial score (nSPS) is 14.3. The van der Waals surface area contributed by atoms with Crippen LogP contribution >= 0.6 is 0 Å². The maximum Gasteiger partial charge on any atom is 0.270 e. The summed E-state index contributed by atoms with van der Waals surface area (Å²) in [7, 11) is 1.68. The van der Waals surface area contributed by atoms with E-state index in [9.17, 15) is 15.4 Å². The molecule has 0 unspecified atom stereocenters. The SMILES string of the molecule is COc1ccc(N2CC[NH+](CCCNc3ccc([N+](=O)[O-])cc3C#N)CC2)cc1. The van der Waals surface area contributed by atoms with E-state index in [1.165, 1.54) is 17.8 Å². The Kier molecular flexibility index (Phi) is 6.87. The number of piperazine rings is 1. The van der Waals surface area contributed by atoms with Gasteiger partial charge in [0.15, 0.2) is 0 Å². The number of nitrogens with zero attached hydrogens (tertiary/aromatic N) is 3. The van der Waals surface area contributed by atoms with Crippen molar-refractivity contribution in [3.63, 3.8) is 0 Å². The molecule has 152 valence electrons. The van der Waals surface area contributed by atoms with Gasteiger partial charge in [0, 0.05) is 30.8 Å². The maximum absolute atomic E-state index is 10.8. The Morgan fingerprint density at radius 1 is 1.24 bits per heavy atom. The monoisotopic (exact) mass is 396 g/mol. The van der Waals surface area contributed by atoms with Crippen molar-refractivity contribution in [2.75, 3.05) is 56.6 Å². The number of ether oxygens (including phenoxy) is 1. The molecule has 0 aromatic heterocycles. The Labute approximate surface area is 170 Å². The molecule has 2 N–H and O–H groups in total. The highest BCUT2D eigenvalue weighted by Gasteiger charge is 2.19. The number of hydrogen-bond donors (Lipinski definition) is 2. The van der Waals surface area contributed by atoms with Gasteiger partial charge in [0.1, 0.15) is 11.8 Å². The molecule has 8 heteroatoms. The second-order valence-electron chi connectivity index (χ2n) is 7.06. The van der Waals surface area contributed by atoms with Crippen molar-refractivity contribution in [1.29, 1.82) is 5.26 Å². The Hall–Kier alpha value is -3.31. The number of nitro benzene ring substituents is 1. The maximum atomic E-state index is 10.8. The second kappa shape index (κ2) is 9.75. The minimum Gasteiger partial charge on any atom is -0.497 e. The number of nitriles is 1. The quantitative estimate of drug-likeness (QED) is 0.400. The van der Waals surface area contributed by atoms with Gasteiger partial charge in [0.05, 0.1) is 56.0 Å². The molecule has 0 atom stereocenters. The molecule has 1 fully saturated rings. The lowest BCUT2D eigenvalue weighted by molar-refractivity contribution is -0.900. The summed E-state index contributed by atoms with van der Waals surface area (Å²) < 4.78 is 5.21. The van der Waals surface area contributed by atoms with Crippen molar-refractivity contribution in [3.8, 4) is 11.8 Å². The van der Waals surface area contributed by atoms with Crippen molar-refractivity contribution < 1.29 is 14.6 Å². The van der Waals surface area contributed by atoms with E-state index in [0.29, 0.717) is 11.3 Å². The predicted molar refractivity (Wildman–Crippen MR) is 112 cm³/mol. The molecule has 1 saturated heterocycles. The molecule has 0 radical (unpaired) electrons. The van der Waals surface area contributed by atoms with Crippen LogP contribution in [0.1, 0.15) is 12.0 Å². The van der Waals surface area contributed by atoms with Crippen molar-refractivity contribution in [2.24, 2.45) is 0 Å². The number of nitrogens with one attached hydrogen (secondary N) is 2. The molecule has 0 spiro atoms. The van der Waals surface area contributed by atoms with Crippen LogP contribution in [0, 0.1) is 21.4 Å². The molecule has 0 amide bonds. The zero-order chi connectivity index (χ0) is 20.6. The standard InChI is InChI=1S/C21H25N5O3/c1-29-20-6-3-18(4-7-20)25-13-11-24(12-14-25)10-2-9-23-21-8-5-19(26(27)28)15-17(21)16-22/h3-8,15,23H,2,9-14H2,1H3/p+1. The van der Waals surface area contributed by atoms with E-state index in [0.717, 1.165) is 51.4 Å². The van der Waals surface area contributed by atoms with Crippen molar-refractivity contribution in [1.82, 2.24) is 0 Å². The van der Waals surface area contributed by atoms with Crippen LogP contribution in [0.25, 0.3) is 0 Å². The molecule has 0 saturated carbocycles. The summed E-state index contributed by atoms with van der Waals surface area (Å²) in [5, 5.41) is 23.3. The van der Waals surface area contributed by atoms with Gasteiger partial charge in [-0.05, 0) is 30.3 Å². The fourth-order valence-electron chi connectivity index (χ4n) is 3.58. The number of quaternary nitrogens is 1. The summed E-state index contributed by atoms with van der Waals surface area (Å²) >= 11 is 0. The van der Waals surface area contributed by atoms with E-state index in [2.05, 4.69) is 22.3 Å². The van der Waals surface area contributed by atoms with Gasteiger partial charge < -0.3 is 19.9 Å². The van der Waals surface area contributed by atoms with E-state index < -0.39 is 4.92 Å². The Morgan fingerprint density at radius 3 is 2.59 bits per heavy atom. The Morgan fingerprint density at radius 2 is 1.97 bits per heavy atom. The number of methoxy groups -OCH3 is 1. The first-order valence-corrected chi connectivity index (χ1v) is 9.75. The third kappa shape index (κ3) is 5.36. The van der Waals surface area contributed by atoms with Crippen LogP contribution in [0.2, 0.25) is 0 Å². The Bertz CT molecular complexity index is 871. The first-order valence-electron chi connectivity index (χ1n) is 9.75. The molecule has 2 aromatic carbocycles. The third-order valence-corrected chi connectivity index (χ3v) is 5.27. The van der Waals surface area contributed by atoms with Gasteiger partial charge in [-0.1, -0.05) is 0 Å². The average molecular weight is 396 g/mol. The number of rotatable bonds is 8. The molecule has 3 rings (SSSR count). The van der Waals surface area contributed by atoms with Crippen LogP contribution in [0.5, 0.6) is 5.75 Å². The molecule has 1 aliphatic heterocycles. The molecular formula is C21H26N5O3+. The van der Waals surface area contributed by atoms with Gasteiger partial charge in [-0.25, -0.2) is 0 Å². The summed E-state index contributed by atoms with van der Waals surface area (Å²) in [5.74, 6) is 0.873. The van der Waals surface area contributed by atoms with Crippen LogP contribution in [-0.4, -0.2) is 51.3 Å². The summed E-state index contributed by atoms with van der Waals surface area (Å²) in [6.07, 6.45) is 0.972. The van der Waals surface area contributed by atoms with Gasteiger partial charge in [-0.15, -0.1) is 0 Å². The summed E-state index contributed by atoms with van der Waals surface area (Å²) in [4.78, 5) is 14.3. The fourth-order valence-corrected chi connectivity index (χ4v) is 3.58. The molecule has 1 heterocycles. The van der Waals surface area contributed by atoms with Crippen LogP contribution in [0.4, 0.5) is 17.1 Å². The number of non-ortho nitro benzene ring substituents is 1. The molecule has 0 bridgehead atoms. The van der Waals surface area contributed by atoms with Crippen molar-refractivity contribution in [3.05, 3.63) is 58.1 Å². The molecular weight excluding hydrogens is 370 g/mol. The fraction of sp³-hybridized carbons (Fsp3) is 0.381. The average Bonchev–Trinajstić information content (AvgIpc) is 2.77. The van der Waals surface area contributed by atoms with Crippen LogP contribution in [0.3, 0.4) is 0 Å². The lowest BCUT2D eigenvalue weighted by atomic mass is 10.1. The van der Waals surface area contributed by atoms with Crippen molar-refractivity contribution >= 4 is 17.1 Å². The zero-order valence-corrected chi connectivity index (χ0v) is 16.6. The topological polar surface area (TPSA) is 95.9 Å². The van der Waals surface area contributed by atoms with Gasteiger partial charge in [0.2, 0.25) is 0 Å². The van der Waals surface area contributed by atoms with Gasteiger partial charge >= 0.3 is 0 Å².